The van der Waals surface area contributed by atoms with Gasteiger partial charge in [0.25, 0.3) is 5.91 Å². The van der Waals surface area contributed by atoms with Gasteiger partial charge in [0, 0.05) is 30.6 Å². The van der Waals surface area contributed by atoms with E-state index in [9.17, 15) is 31.1 Å². The van der Waals surface area contributed by atoms with Crippen molar-refractivity contribution in [2.24, 2.45) is 10.8 Å². The molecular weight excluding hydrogens is 492 g/mol. The summed E-state index contributed by atoms with van der Waals surface area (Å²) in [6.07, 6.45) is -3.40. The van der Waals surface area contributed by atoms with Crippen LogP contribution in [0.4, 0.5) is 26.3 Å². The number of hydrogen-bond acceptors (Lipinski definition) is 5. The summed E-state index contributed by atoms with van der Waals surface area (Å²) in [6.45, 7) is -0.107. The van der Waals surface area contributed by atoms with Gasteiger partial charge < -0.3 is 9.64 Å². The number of rotatable bonds is 6. The van der Waals surface area contributed by atoms with E-state index in [1.54, 1.807) is 6.33 Å². The number of amides is 1. The summed E-state index contributed by atoms with van der Waals surface area (Å²) in [5, 5.41) is 4.54. The molecule has 3 saturated carbocycles. The maximum Gasteiger partial charge on any atom is 0.421 e. The third-order valence-corrected chi connectivity index (χ3v) is 7.86. The molecule has 194 valence electrons. The molecule has 13 heteroatoms. The minimum Gasteiger partial charge on any atom is -0.476 e. The summed E-state index contributed by atoms with van der Waals surface area (Å²) in [6, 6.07) is 0.810. The Morgan fingerprint density at radius 3 is 2.36 bits per heavy atom. The number of pyridine rings is 1. The Hall–Kier alpha value is -2.86. The van der Waals surface area contributed by atoms with E-state index in [1.807, 2.05) is 4.68 Å². The summed E-state index contributed by atoms with van der Waals surface area (Å²) in [4.78, 5) is 22.3. The molecule has 1 amide bonds. The van der Waals surface area contributed by atoms with Gasteiger partial charge in [0.15, 0.2) is 5.82 Å². The highest BCUT2D eigenvalue weighted by atomic mass is 19.4. The van der Waals surface area contributed by atoms with Crippen LogP contribution in [0.25, 0.3) is 0 Å². The molecule has 3 heterocycles. The average molecular weight is 515 g/mol. The van der Waals surface area contributed by atoms with Crippen molar-refractivity contribution < 1.29 is 35.9 Å². The molecule has 0 aromatic carbocycles. The first-order chi connectivity index (χ1) is 16.9. The number of ether oxygens (including phenoxy) is 1. The van der Waals surface area contributed by atoms with E-state index in [1.165, 1.54) is 4.90 Å². The molecule has 7 nitrogen and oxygen atoms in total. The predicted molar refractivity (Wildman–Crippen MR) is 111 cm³/mol. The number of likely N-dealkylation sites (tertiary alicyclic amines) is 1. The van der Waals surface area contributed by atoms with Gasteiger partial charge in [0.2, 0.25) is 5.88 Å². The lowest BCUT2D eigenvalue weighted by molar-refractivity contribution is -0.195. The first kappa shape index (κ1) is 23.5. The van der Waals surface area contributed by atoms with Crippen LogP contribution < -0.4 is 4.74 Å². The maximum atomic E-state index is 13.6. The minimum atomic E-state index is -4.94. The Kier molecular flexibility index (Phi) is 4.95. The second-order valence-electron chi connectivity index (χ2n) is 10.7. The second-order valence-corrected chi connectivity index (χ2v) is 10.7. The largest absolute Gasteiger partial charge is 0.476 e. The molecular formula is C23H23F6N5O2. The Morgan fingerprint density at radius 1 is 1.08 bits per heavy atom. The van der Waals surface area contributed by atoms with Gasteiger partial charge >= 0.3 is 12.4 Å². The Bertz CT molecular complexity index is 1190. The van der Waals surface area contributed by atoms with E-state index in [0.29, 0.717) is 25.1 Å². The highest BCUT2D eigenvalue weighted by Crippen LogP contribution is 2.58. The minimum absolute atomic E-state index is 0.0778. The quantitative estimate of drug-likeness (QED) is 0.519. The number of nitrogens with zero attached hydrogens (tertiary/aromatic N) is 5. The van der Waals surface area contributed by atoms with Crippen molar-refractivity contribution in [3.8, 4) is 5.88 Å². The molecule has 1 aliphatic heterocycles. The van der Waals surface area contributed by atoms with Crippen LogP contribution in [-0.2, 0) is 6.18 Å². The third kappa shape index (κ3) is 4.00. The van der Waals surface area contributed by atoms with Gasteiger partial charge in [-0.25, -0.2) is 14.6 Å². The number of aromatic nitrogens is 4. The monoisotopic (exact) mass is 515 g/mol. The van der Waals surface area contributed by atoms with Crippen LogP contribution in [0.3, 0.4) is 0 Å². The lowest BCUT2D eigenvalue weighted by atomic mass is 9.60. The first-order valence-corrected chi connectivity index (χ1v) is 11.9. The normalized spacial score (nSPS) is 22.8. The molecule has 6 rings (SSSR count). The molecule has 1 saturated heterocycles. The molecule has 2 aromatic rings. The van der Waals surface area contributed by atoms with Gasteiger partial charge in [-0.15, -0.1) is 0 Å². The molecule has 1 spiro atoms. The lowest BCUT2D eigenvalue weighted by Gasteiger charge is -2.58. The number of carbonyl (C=O) groups excluding carboxylic acids is 1. The van der Waals surface area contributed by atoms with Gasteiger partial charge in [0.1, 0.15) is 23.9 Å². The smallest absolute Gasteiger partial charge is 0.421 e. The fourth-order valence-electron chi connectivity index (χ4n) is 5.22. The molecule has 0 radical (unpaired) electrons. The summed E-state index contributed by atoms with van der Waals surface area (Å²) in [7, 11) is 0. The fraction of sp³-hybridized carbons (Fsp3) is 0.652. The molecule has 0 unspecified atom stereocenters. The van der Waals surface area contributed by atoms with E-state index in [-0.39, 0.29) is 29.9 Å². The Labute approximate surface area is 201 Å². The van der Waals surface area contributed by atoms with Crippen LogP contribution >= 0.6 is 0 Å². The standard InChI is InChI=1S/C23H23F6N5O2/c24-22(25,26)16-5-14(8-30-18(16)36-11-21(3-4-21)23(27,28)29)19(35)33-9-20(10-33)6-15(7-20)34-12-31-17(32-34)13-1-2-13/h5,8,12-13,15H,1-4,6-7,9-11H2. The van der Waals surface area contributed by atoms with Crippen LogP contribution in [0.1, 0.15) is 72.2 Å². The Morgan fingerprint density at radius 2 is 1.78 bits per heavy atom. The molecule has 0 atom stereocenters. The summed E-state index contributed by atoms with van der Waals surface area (Å²) in [5.74, 6) is -0.217. The van der Waals surface area contributed by atoms with Crippen molar-refractivity contribution in [2.45, 2.75) is 62.8 Å². The van der Waals surface area contributed by atoms with Crippen molar-refractivity contribution >= 4 is 5.91 Å². The van der Waals surface area contributed by atoms with Crippen LogP contribution in [-0.4, -0.2) is 56.4 Å². The van der Waals surface area contributed by atoms with Gasteiger partial charge in [-0.2, -0.15) is 31.4 Å². The molecule has 4 aliphatic rings. The van der Waals surface area contributed by atoms with E-state index in [4.69, 9.17) is 4.74 Å². The summed E-state index contributed by atoms with van der Waals surface area (Å²) < 4.78 is 87.0. The van der Waals surface area contributed by atoms with Crippen molar-refractivity contribution in [3.63, 3.8) is 0 Å². The number of carbonyl (C=O) groups is 1. The zero-order chi connectivity index (χ0) is 25.5. The van der Waals surface area contributed by atoms with Crippen LogP contribution in [0.2, 0.25) is 0 Å². The highest BCUT2D eigenvalue weighted by Gasteiger charge is 2.64. The number of alkyl halides is 6. The third-order valence-electron chi connectivity index (χ3n) is 7.86. The number of hydrogen-bond donors (Lipinski definition) is 0. The summed E-state index contributed by atoms with van der Waals surface area (Å²) in [5.41, 5.74) is -3.85. The van der Waals surface area contributed by atoms with Gasteiger partial charge in [0.05, 0.1) is 11.6 Å². The molecule has 0 N–H and O–H groups in total. The van der Waals surface area contributed by atoms with E-state index in [0.717, 1.165) is 37.7 Å². The molecule has 0 bridgehead atoms. The predicted octanol–water partition coefficient (Wildman–Crippen LogP) is 4.77. The molecule has 36 heavy (non-hydrogen) atoms. The molecule has 3 aliphatic carbocycles. The van der Waals surface area contributed by atoms with Crippen LogP contribution in [0, 0.1) is 10.8 Å². The van der Waals surface area contributed by atoms with Crippen molar-refractivity contribution in [3.05, 3.63) is 35.5 Å². The van der Waals surface area contributed by atoms with Crippen LogP contribution in [0.15, 0.2) is 18.6 Å². The molecule has 2 aromatic heterocycles. The summed E-state index contributed by atoms with van der Waals surface area (Å²) >= 11 is 0. The Balaban J connectivity index is 1.09. The van der Waals surface area contributed by atoms with Crippen molar-refractivity contribution in [2.75, 3.05) is 19.7 Å². The van der Waals surface area contributed by atoms with E-state index >= 15 is 0 Å². The maximum absolute atomic E-state index is 13.6. The second kappa shape index (κ2) is 7.58. The number of halogens is 6. The van der Waals surface area contributed by atoms with Crippen LogP contribution in [0.5, 0.6) is 5.88 Å². The average Bonchev–Trinajstić information content (AvgIpc) is 3.68. The van der Waals surface area contributed by atoms with E-state index in [2.05, 4.69) is 15.1 Å². The first-order valence-electron chi connectivity index (χ1n) is 11.9. The topological polar surface area (TPSA) is 73.1 Å². The van der Waals surface area contributed by atoms with Gasteiger partial charge in [-0.05, 0) is 44.6 Å². The fourth-order valence-corrected chi connectivity index (χ4v) is 5.22. The lowest BCUT2D eigenvalue weighted by Crippen LogP contribution is -2.63. The zero-order valence-corrected chi connectivity index (χ0v) is 19.1. The molecule has 4 fully saturated rings. The van der Waals surface area contributed by atoms with Gasteiger partial charge in [-0.3, -0.25) is 4.79 Å². The van der Waals surface area contributed by atoms with Crippen molar-refractivity contribution in [1.29, 1.82) is 0 Å². The van der Waals surface area contributed by atoms with Gasteiger partial charge in [-0.1, -0.05) is 0 Å². The van der Waals surface area contributed by atoms with Crippen molar-refractivity contribution in [1.82, 2.24) is 24.6 Å². The SMILES string of the molecule is O=C(c1cnc(OCC2(C(F)(F)F)CC2)c(C(F)(F)F)c1)N1CC2(CC(n3cnc(C4CC4)n3)C2)C1. The highest BCUT2D eigenvalue weighted by molar-refractivity contribution is 5.95. The van der Waals surface area contributed by atoms with E-state index < -0.39 is 41.7 Å². The zero-order valence-electron chi connectivity index (χ0n) is 19.1.